The molecule has 0 aromatic carbocycles. The third kappa shape index (κ3) is 2.82. The van der Waals surface area contributed by atoms with Gasteiger partial charge in [0.05, 0.1) is 25.0 Å². The van der Waals surface area contributed by atoms with Crippen molar-refractivity contribution in [3.63, 3.8) is 0 Å². The van der Waals surface area contributed by atoms with Crippen LogP contribution >= 0.6 is 0 Å². The van der Waals surface area contributed by atoms with Gasteiger partial charge in [-0.3, -0.25) is 4.79 Å². The minimum absolute atomic E-state index is 0.0511. The Morgan fingerprint density at radius 1 is 1.45 bits per heavy atom. The van der Waals surface area contributed by atoms with Gasteiger partial charge in [0, 0.05) is 25.0 Å². The molecule has 1 N–H and O–H groups in total. The summed E-state index contributed by atoms with van der Waals surface area (Å²) in [7, 11) is 0. The summed E-state index contributed by atoms with van der Waals surface area (Å²) >= 11 is 0. The highest BCUT2D eigenvalue weighted by Crippen LogP contribution is 2.38. The fourth-order valence-electron chi connectivity index (χ4n) is 3.25. The first-order valence-corrected chi connectivity index (χ1v) is 7.25. The average Bonchev–Trinajstić information content (AvgIpc) is 3.00. The van der Waals surface area contributed by atoms with Crippen LogP contribution in [0.5, 0.6) is 0 Å². The number of amides is 1. The van der Waals surface area contributed by atoms with E-state index in [0.29, 0.717) is 25.4 Å². The van der Waals surface area contributed by atoms with Crippen molar-refractivity contribution >= 4 is 5.91 Å². The molecule has 112 valence electrons. The second-order valence-corrected chi connectivity index (χ2v) is 5.56. The van der Waals surface area contributed by atoms with Crippen molar-refractivity contribution in [2.75, 3.05) is 19.9 Å². The Morgan fingerprint density at radius 2 is 2.35 bits per heavy atom. The summed E-state index contributed by atoms with van der Waals surface area (Å²) in [6.45, 7) is 1.40. The molecule has 0 aromatic heterocycles. The highest BCUT2D eigenvalue weighted by molar-refractivity contribution is 5.77. The summed E-state index contributed by atoms with van der Waals surface area (Å²) in [6.07, 6.45) is 5.68. The molecule has 3 rings (SSSR count). The lowest BCUT2D eigenvalue weighted by molar-refractivity contribution is -0.172. The zero-order chi connectivity index (χ0) is 13.9. The first-order valence-electron chi connectivity index (χ1n) is 7.25. The lowest BCUT2D eigenvalue weighted by atomic mass is 10.1. The summed E-state index contributed by atoms with van der Waals surface area (Å²) in [5, 5.41) is 9.94. The first-order chi connectivity index (χ1) is 9.75. The fourth-order valence-corrected chi connectivity index (χ4v) is 3.25. The Bertz CT molecular complexity index is 386. The molecule has 0 aromatic rings. The Morgan fingerprint density at radius 3 is 3.00 bits per heavy atom. The fraction of sp³-hybridized carbons (Fsp3) is 0.786. The van der Waals surface area contributed by atoms with E-state index >= 15 is 0 Å². The summed E-state index contributed by atoms with van der Waals surface area (Å²) in [6, 6.07) is 0.0511. The molecule has 1 saturated carbocycles. The number of aliphatic hydroxyl groups excluding tert-OH is 1. The van der Waals surface area contributed by atoms with E-state index in [1.807, 2.05) is 4.90 Å². The lowest BCUT2D eigenvalue weighted by Crippen LogP contribution is -2.39. The van der Waals surface area contributed by atoms with E-state index < -0.39 is 0 Å². The second-order valence-electron chi connectivity index (χ2n) is 5.56. The molecule has 1 aliphatic carbocycles. The molecule has 2 bridgehead atoms. The molecule has 0 radical (unpaired) electrons. The predicted octanol–water partition coefficient (Wildman–Crippen LogP) is 0.609. The summed E-state index contributed by atoms with van der Waals surface area (Å²) in [4.78, 5) is 14.0. The molecular formula is C14H21NO5. The van der Waals surface area contributed by atoms with Crippen molar-refractivity contribution < 1.29 is 24.1 Å². The van der Waals surface area contributed by atoms with Crippen molar-refractivity contribution in [1.82, 2.24) is 4.90 Å². The van der Waals surface area contributed by atoms with Gasteiger partial charge in [0.25, 0.3) is 0 Å². The minimum atomic E-state index is -0.372. The molecule has 0 spiro atoms. The van der Waals surface area contributed by atoms with Crippen molar-refractivity contribution in [2.24, 2.45) is 5.92 Å². The van der Waals surface area contributed by atoms with Gasteiger partial charge in [0.15, 0.2) is 13.1 Å². The highest BCUT2D eigenvalue weighted by atomic mass is 16.8. The number of carbonyl (C=O) groups is 1. The zero-order valence-electron chi connectivity index (χ0n) is 11.4. The van der Waals surface area contributed by atoms with Gasteiger partial charge in [-0.1, -0.05) is 0 Å². The Hall–Kier alpha value is -1.11. The van der Waals surface area contributed by atoms with Gasteiger partial charge in [-0.2, -0.15) is 0 Å². The molecule has 2 fully saturated rings. The lowest BCUT2D eigenvalue weighted by Gasteiger charge is -2.27. The van der Waals surface area contributed by atoms with Crippen LogP contribution in [0.25, 0.3) is 0 Å². The number of nitrogens with zero attached hydrogens (tertiary/aromatic N) is 1. The van der Waals surface area contributed by atoms with E-state index in [2.05, 4.69) is 0 Å². The van der Waals surface area contributed by atoms with Crippen LogP contribution < -0.4 is 0 Å². The number of carbonyl (C=O) groups excluding carboxylic acids is 1. The van der Waals surface area contributed by atoms with Gasteiger partial charge in [-0.05, 0) is 19.3 Å². The van der Waals surface area contributed by atoms with Crippen LogP contribution in [0.15, 0.2) is 12.3 Å². The van der Waals surface area contributed by atoms with Gasteiger partial charge in [-0.15, -0.1) is 0 Å². The van der Waals surface area contributed by atoms with Gasteiger partial charge in [0.2, 0.25) is 5.91 Å². The SMILES string of the molecule is O=C(CCCOC1C=COCO1)N1CC2CCC1C2O. The van der Waals surface area contributed by atoms with Crippen LogP contribution in [-0.2, 0) is 19.0 Å². The Labute approximate surface area is 118 Å². The standard InChI is InChI=1S/C14H21NO5/c16-12(15-8-10-3-4-11(15)14(10)17)2-1-6-19-13-5-7-18-9-20-13/h5,7,10-11,13-14,17H,1-4,6,8-9H2. The minimum Gasteiger partial charge on any atom is -0.475 e. The number of ether oxygens (including phenoxy) is 3. The maximum atomic E-state index is 12.1. The summed E-state index contributed by atoms with van der Waals surface area (Å²) < 4.78 is 15.5. The number of hydrogen-bond donors (Lipinski definition) is 1. The molecule has 2 aliphatic heterocycles. The number of hydrogen-bond acceptors (Lipinski definition) is 5. The maximum absolute atomic E-state index is 12.1. The molecule has 1 saturated heterocycles. The van der Waals surface area contributed by atoms with Gasteiger partial charge in [0.1, 0.15) is 0 Å². The zero-order valence-corrected chi connectivity index (χ0v) is 11.4. The van der Waals surface area contributed by atoms with Crippen molar-refractivity contribution in [3.8, 4) is 0 Å². The average molecular weight is 283 g/mol. The van der Waals surface area contributed by atoms with Gasteiger partial charge >= 0.3 is 0 Å². The molecular weight excluding hydrogens is 262 g/mol. The monoisotopic (exact) mass is 283 g/mol. The second kappa shape index (κ2) is 6.11. The number of rotatable bonds is 5. The van der Waals surface area contributed by atoms with E-state index in [4.69, 9.17) is 14.2 Å². The van der Waals surface area contributed by atoms with Crippen LogP contribution in [0.2, 0.25) is 0 Å². The largest absolute Gasteiger partial charge is 0.475 e. The summed E-state index contributed by atoms with van der Waals surface area (Å²) in [5.41, 5.74) is 0. The van der Waals surface area contributed by atoms with Crippen LogP contribution in [0.4, 0.5) is 0 Å². The molecule has 2 heterocycles. The Kier molecular flexibility index (Phi) is 4.24. The van der Waals surface area contributed by atoms with Gasteiger partial charge < -0.3 is 24.2 Å². The normalized spacial score (nSPS) is 35.4. The molecule has 6 heteroatoms. The quantitative estimate of drug-likeness (QED) is 0.749. The van der Waals surface area contributed by atoms with E-state index in [0.717, 1.165) is 19.4 Å². The molecule has 4 atom stereocenters. The van der Waals surface area contributed by atoms with E-state index in [1.165, 1.54) is 0 Å². The van der Waals surface area contributed by atoms with Crippen LogP contribution in [0.1, 0.15) is 25.7 Å². The number of piperidine rings is 1. The maximum Gasteiger partial charge on any atom is 0.223 e. The predicted molar refractivity (Wildman–Crippen MR) is 69.4 cm³/mol. The van der Waals surface area contributed by atoms with E-state index in [1.54, 1.807) is 12.3 Å². The van der Waals surface area contributed by atoms with Crippen LogP contribution in [0, 0.1) is 5.92 Å². The first kappa shape index (κ1) is 13.9. The smallest absolute Gasteiger partial charge is 0.223 e. The molecule has 3 aliphatic rings. The van der Waals surface area contributed by atoms with Crippen LogP contribution in [0.3, 0.4) is 0 Å². The number of likely N-dealkylation sites (tertiary alicyclic amines) is 1. The number of fused-ring (bicyclic) bond motifs is 2. The number of aliphatic hydroxyl groups is 1. The van der Waals surface area contributed by atoms with Gasteiger partial charge in [-0.25, -0.2) is 0 Å². The van der Waals surface area contributed by atoms with Crippen molar-refractivity contribution in [1.29, 1.82) is 0 Å². The van der Waals surface area contributed by atoms with E-state index in [-0.39, 0.29) is 31.1 Å². The molecule has 4 unspecified atom stereocenters. The van der Waals surface area contributed by atoms with Crippen molar-refractivity contribution in [3.05, 3.63) is 12.3 Å². The molecule has 20 heavy (non-hydrogen) atoms. The molecule has 1 amide bonds. The highest BCUT2D eigenvalue weighted by Gasteiger charge is 2.47. The molecule has 6 nitrogen and oxygen atoms in total. The Balaban J connectivity index is 1.35. The topological polar surface area (TPSA) is 68.2 Å². The third-order valence-electron chi connectivity index (χ3n) is 4.31. The van der Waals surface area contributed by atoms with E-state index in [9.17, 15) is 9.90 Å². The van der Waals surface area contributed by atoms with Crippen LogP contribution in [-0.4, -0.2) is 54.3 Å². The van der Waals surface area contributed by atoms with Crippen molar-refractivity contribution in [2.45, 2.75) is 44.1 Å². The third-order valence-corrected chi connectivity index (χ3v) is 4.31. The summed E-state index contributed by atoms with van der Waals surface area (Å²) in [5.74, 6) is 0.421.